The fourth-order valence-electron chi connectivity index (χ4n) is 1.72. The summed E-state index contributed by atoms with van der Waals surface area (Å²) in [5.74, 6) is 0.574. The smallest absolute Gasteiger partial charge is 0.169 e. The number of aliphatic hydroxyl groups excluding tert-OH is 1. The Hall–Kier alpha value is -0.390. The number of morpholine rings is 1. The van der Waals surface area contributed by atoms with E-state index in [9.17, 15) is 0 Å². The van der Waals surface area contributed by atoms with E-state index in [4.69, 9.17) is 22.1 Å². The molecule has 2 atom stereocenters. The zero-order valence-electron chi connectivity index (χ0n) is 10.3. The summed E-state index contributed by atoms with van der Waals surface area (Å²) in [6, 6.07) is 0. The number of hydrogen-bond donors (Lipinski definition) is 2. The molecule has 0 saturated carbocycles. The Morgan fingerprint density at radius 2 is 2.25 bits per heavy atom. The summed E-state index contributed by atoms with van der Waals surface area (Å²) in [4.78, 5) is 2.08. The number of rotatable bonds is 3. The first kappa shape index (κ1) is 13.7. The van der Waals surface area contributed by atoms with Gasteiger partial charge in [-0.15, -0.1) is 0 Å². The van der Waals surface area contributed by atoms with Crippen LogP contribution in [0.5, 0.6) is 0 Å². The first-order chi connectivity index (χ1) is 7.52. The van der Waals surface area contributed by atoms with Crippen molar-refractivity contribution in [1.82, 2.24) is 10.2 Å². The topological polar surface area (TPSA) is 44.7 Å². The standard InChI is InChI=1S/C11H22N2O2S/c1-8(2)4-12-11(16)13-5-9(3)15-10(6-13)7-14/h8-10,14H,4-7H2,1-3H3,(H,12,16). The maximum absolute atomic E-state index is 9.11. The minimum absolute atomic E-state index is 0.0492. The number of nitrogens with one attached hydrogen (secondary N) is 1. The number of ether oxygens (including phenoxy) is 1. The molecular formula is C11H22N2O2S. The second-order valence-corrected chi connectivity index (χ2v) is 5.12. The summed E-state index contributed by atoms with van der Waals surface area (Å²) >= 11 is 5.32. The van der Waals surface area contributed by atoms with Crippen LogP contribution >= 0.6 is 12.2 Å². The van der Waals surface area contributed by atoms with Crippen LogP contribution in [0.1, 0.15) is 20.8 Å². The Bertz CT molecular complexity index is 236. The molecule has 94 valence electrons. The molecule has 5 heteroatoms. The Kier molecular flexibility index (Phi) is 5.44. The maximum atomic E-state index is 9.11. The minimum atomic E-state index is -0.123. The molecule has 4 nitrogen and oxygen atoms in total. The van der Waals surface area contributed by atoms with Gasteiger partial charge in [-0.05, 0) is 25.1 Å². The third kappa shape index (κ3) is 4.23. The van der Waals surface area contributed by atoms with Gasteiger partial charge in [-0.1, -0.05) is 13.8 Å². The molecule has 0 bridgehead atoms. The molecule has 1 rings (SSSR count). The first-order valence-electron chi connectivity index (χ1n) is 5.82. The molecule has 0 aromatic carbocycles. The highest BCUT2D eigenvalue weighted by Crippen LogP contribution is 2.10. The predicted octanol–water partition coefficient (Wildman–Crippen LogP) is 0.599. The van der Waals surface area contributed by atoms with Gasteiger partial charge >= 0.3 is 0 Å². The zero-order valence-corrected chi connectivity index (χ0v) is 11.1. The lowest BCUT2D eigenvalue weighted by Crippen LogP contribution is -2.53. The van der Waals surface area contributed by atoms with E-state index in [0.29, 0.717) is 12.5 Å². The van der Waals surface area contributed by atoms with Crippen molar-refractivity contribution in [3.63, 3.8) is 0 Å². The van der Waals surface area contributed by atoms with Crippen molar-refractivity contribution in [1.29, 1.82) is 0 Å². The van der Waals surface area contributed by atoms with E-state index in [1.807, 2.05) is 6.92 Å². The van der Waals surface area contributed by atoms with Crippen LogP contribution in [-0.2, 0) is 4.74 Å². The zero-order chi connectivity index (χ0) is 12.1. The van der Waals surface area contributed by atoms with Crippen LogP contribution in [0.3, 0.4) is 0 Å². The molecule has 1 aliphatic heterocycles. The normalized spacial score (nSPS) is 25.9. The summed E-state index contributed by atoms with van der Waals surface area (Å²) in [7, 11) is 0. The van der Waals surface area contributed by atoms with E-state index in [1.165, 1.54) is 0 Å². The van der Waals surface area contributed by atoms with Gasteiger partial charge in [0.05, 0.1) is 18.8 Å². The Labute approximate surface area is 103 Å². The molecule has 0 spiro atoms. The van der Waals surface area contributed by atoms with Gasteiger partial charge in [0.25, 0.3) is 0 Å². The summed E-state index contributed by atoms with van der Waals surface area (Å²) in [6.45, 7) is 8.69. The summed E-state index contributed by atoms with van der Waals surface area (Å²) in [5.41, 5.74) is 0. The van der Waals surface area contributed by atoms with Crippen LogP contribution in [0.25, 0.3) is 0 Å². The summed E-state index contributed by atoms with van der Waals surface area (Å²) in [6.07, 6.45) is -0.00718. The molecule has 0 radical (unpaired) electrons. The molecule has 0 aromatic rings. The van der Waals surface area contributed by atoms with Gasteiger partial charge in [-0.25, -0.2) is 0 Å². The lowest BCUT2D eigenvalue weighted by Gasteiger charge is -2.37. The molecule has 2 N–H and O–H groups in total. The molecule has 1 aliphatic rings. The Morgan fingerprint density at radius 3 is 2.81 bits per heavy atom. The largest absolute Gasteiger partial charge is 0.394 e. The average Bonchev–Trinajstić information content (AvgIpc) is 2.24. The highest BCUT2D eigenvalue weighted by atomic mass is 32.1. The summed E-state index contributed by atoms with van der Waals surface area (Å²) < 4.78 is 5.56. The fourth-order valence-corrected chi connectivity index (χ4v) is 1.95. The fraction of sp³-hybridized carbons (Fsp3) is 0.909. The molecule has 1 heterocycles. The van der Waals surface area contributed by atoms with E-state index in [2.05, 4.69) is 24.1 Å². The van der Waals surface area contributed by atoms with Crippen molar-refractivity contribution >= 4 is 17.3 Å². The highest BCUT2D eigenvalue weighted by Gasteiger charge is 2.25. The van der Waals surface area contributed by atoms with Gasteiger partial charge in [0.2, 0.25) is 0 Å². The number of nitrogens with zero attached hydrogens (tertiary/aromatic N) is 1. The van der Waals surface area contributed by atoms with Crippen molar-refractivity contribution in [2.75, 3.05) is 26.2 Å². The van der Waals surface area contributed by atoms with Crippen molar-refractivity contribution in [3.05, 3.63) is 0 Å². The van der Waals surface area contributed by atoms with Gasteiger partial charge in [-0.2, -0.15) is 0 Å². The third-order valence-corrected chi connectivity index (χ3v) is 2.88. The Morgan fingerprint density at radius 1 is 1.56 bits per heavy atom. The van der Waals surface area contributed by atoms with Gasteiger partial charge in [0.1, 0.15) is 0 Å². The highest BCUT2D eigenvalue weighted by molar-refractivity contribution is 7.80. The molecule has 16 heavy (non-hydrogen) atoms. The van der Waals surface area contributed by atoms with E-state index in [1.54, 1.807) is 0 Å². The van der Waals surface area contributed by atoms with E-state index in [-0.39, 0.29) is 18.8 Å². The van der Waals surface area contributed by atoms with Gasteiger partial charge in [0.15, 0.2) is 5.11 Å². The van der Waals surface area contributed by atoms with Gasteiger partial charge in [-0.3, -0.25) is 0 Å². The van der Waals surface area contributed by atoms with Crippen LogP contribution in [0.4, 0.5) is 0 Å². The van der Waals surface area contributed by atoms with Crippen LogP contribution < -0.4 is 5.32 Å². The molecule has 1 saturated heterocycles. The van der Waals surface area contributed by atoms with Crippen molar-refractivity contribution < 1.29 is 9.84 Å². The molecule has 2 unspecified atom stereocenters. The minimum Gasteiger partial charge on any atom is -0.394 e. The average molecular weight is 246 g/mol. The third-order valence-electron chi connectivity index (χ3n) is 2.48. The maximum Gasteiger partial charge on any atom is 0.169 e. The number of thiocarbonyl (C=S) groups is 1. The lowest BCUT2D eigenvalue weighted by molar-refractivity contribution is -0.0786. The molecule has 0 aliphatic carbocycles. The number of aliphatic hydroxyl groups is 1. The quantitative estimate of drug-likeness (QED) is 0.714. The molecule has 0 amide bonds. The van der Waals surface area contributed by atoms with Crippen molar-refractivity contribution in [2.45, 2.75) is 33.0 Å². The lowest BCUT2D eigenvalue weighted by atomic mass is 10.2. The second kappa shape index (κ2) is 6.37. The van der Waals surface area contributed by atoms with Crippen LogP contribution in [-0.4, -0.2) is 53.6 Å². The van der Waals surface area contributed by atoms with Gasteiger partial charge < -0.3 is 20.1 Å². The molecule has 0 aromatic heterocycles. The van der Waals surface area contributed by atoms with E-state index < -0.39 is 0 Å². The van der Waals surface area contributed by atoms with Crippen LogP contribution in [0.2, 0.25) is 0 Å². The number of hydrogen-bond acceptors (Lipinski definition) is 3. The monoisotopic (exact) mass is 246 g/mol. The molecular weight excluding hydrogens is 224 g/mol. The van der Waals surface area contributed by atoms with E-state index >= 15 is 0 Å². The Balaban J connectivity index is 2.42. The van der Waals surface area contributed by atoms with Gasteiger partial charge in [0, 0.05) is 19.6 Å². The predicted molar refractivity (Wildman–Crippen MR) is 68.4 cm³/mol. The SMILES string of the molecule is CC(C)CNC(=S)N1CC(C)OC(CO)C1. The molecule has 1 fully saturated rings. The van der Waals surface area contributed by atoms with Crippen LogP contribution in [0.15, 0.2) is 0 Å². The van der Waals surface area contributed by atoms with Crippen LogP contribution in [0, 0.1) is 5.92 Å². The van der Waals surface area contributed by atoms with Crippen molar-refractivity contribution in [2.24, 2.45) is 5.92 Å². The van der Waals surface area contributed by atoms with E-state index in [0.717, 1.165) is 18.2 Å². The first-order valence-corrected chi connectivity index (χ1v) is 6.22. The second-order valence-electron chi connectivity index (χ2n) is 4.74. The van der Waals surface area contributed by atoms with Crippen molar-refractivity contribution in [3.8, 4) is 0 Å². The summed E-state index contributed by atoms with van der Waals surface area (Å²) in [5, 5.41) is 13.1.